The molecule has 0 spiro atoms. The molecule has 1 aromatic rings. The zero-order chi connectivity index (χ0) is 14.8. The van der Waals surface area contributed by atoms with E-state index in [9.17, 15) is 9.59 Å². The largest absolute Gasteiger partial charge is 0.336 e. The van der Waals surface area contributed by atoms with Gasteiger partial charge in [0.05, 0.1) is 0 Å². The number of carbonyl (C=O) groups excluding carboxylic acids is 1. The van der Waals surface area contributed by atoms with Gasteiger partial charge in [0.25, 0.3) is 5.56 Å². The van der Waals surface area contributed by atoms with Crippen molar-refractivity contribution in [3.8, 4) is 0 Å². The Labute approximate surface area is 130 Å². The lowest BCUT2D eigenvalue weighted by atomic mass is 10.1. The smallest absolute Gasteiger partial charge is 0.319 e. The monoisotopic (exact) mass is 359 g/mol. The normalized spacial score (nSPS) is 21.8. The minimum Gasteiger partial charge on any atom is -0.336 e. The second-order valence-corrected chi connectivity index (χ2v) is 7.80. The van der Waals surface area contributed by atoms with Gasteiger partial charge in [0, 0.05) is 29.0 Å². The van der Waals surface area contributed by atoms with Gasteiger partial charge < -0.3 is 15.2 Å². The molecule has 0 radical (unpaired) electrons. The number of aromatic nitrogens is 1. The Kier molecular flexibility index (Phi) is 4.80. The number of anilines is 1. The third-order valence-corrected chi connectivity index (χ3v) is 5.29. The molecule has 2 N–H and O–H groups in total. The molecular formula is C13H18BrN3O2S. The van der Waals surface area contributed by atoms with Gasteiger partial charge in [-0.15, -0.1) is 0 Å². The van der Waals surface area contributed by atoms with Crippen LogP contribution in [0.15, 0.2) is 21.5 Å². The molecule has 0 saturated carbocycles. The summed E-state index contributed by atoms with van der Waals surface area (Å²) in [5, 5.41) is 5.46. The Morgan fingerprint density at radius 2 is 2.35 bits per heavy atom. The number of hydrogen-bond donors (Lipinski definition) is 2. The lowest BCUT2D eigenvalue weighted by Crippen LogP contribution is -2.40. The molecule has 20 heavy (non-hydrogen) atoms. The van der Waals surface area contributed by atoms with Gasteiger partial charge in [0.2, 0.25) is 0 Å². The quantitative estimate of drug-likeness (QED) is 0.871. The van der Waals surface area contributed by atoms with Gasteiger partial charge in [0.1, 0.15) is 5.69 Å². The van der Waals surface area contributed by atoms with E-state index in [-0.39, 0.29) is 22.0 Å². The van der Waals surface area contributed by atoms with E-state index >= 15 is 0 Å². The summed E-state index contributed by atoms with van der Waals surface area (Å²) >= 11 is 5.19. The summed E-state index contributed by atoms with van der Waals surface area (Å²) in [4.78, 5) is 23.8. The highest BCUT2D eigenvalue weighted by molar-refractivity contribution is 9.10. The number of urea groups is 1. The van der Waals surface area contributed by atoms with Crippen LogP contribution in [0.5, 0.6) is 0 Å². The average molecular weight is 360 g/mol. The molecule has 2 rings (SSSR count). The zero-order valence-corrected chi connectivity index (χ0v) is 13.9. The van der Waals surface area contributed by atoms with E-state index in [1.807, 2.05) is 11.8 Å². The average Bonchev–Trinajstić information content (AvgIpc) is 2.81. The molecule has 110 valence electrons. The van der Waals surface area contributed by atoms with Crippen LogP contribution < -0.4 is 16.2 Å². The van der Waals surface area contributed by atoms with Crippen molar-refractivity contribution in [1.82, 2.24) is 9.88 Å². The molecule has 1 aliphatic heterocycles. The van der Waals surface area contributed by atoms with Crippen LogP contribution in [0.25, 0.3) is 0 Å². The number of hydrogen-bond acceptors (Lipinski definition) is 3. The van der Waals surface area contributed by atoms with Gasteiger partial charge in [-0.1, -0.05) is 0 Å². The predicted octanol–water partition coefficient (Wildman–Crippen LogP) is 2.56. The molecule has 0 aliphatic carbocycles. The van der Waals surface area contributed by atoms with Crippen LogP contribution in [0.3, 0.4) is 0 Å². The number of nitrogens with zero attached hydrogens (tertiary/aromatic N) is 1. The number of thioether (sulfide) groups is 1. The van der Waals surface area contributed by atoms with Crippen molar-refractivity contribution in [2.75, 3.05) is 17.6 Å². The second kappa shape index (κ2) is 6.22. The molecule has 0 aromatic carbocycles. The lowest BCUT2D eigenvalue weighted by Gasteiger charge is -2.22. The van der Waals surface area contributed by atoms with E-state index in [1.165, 1.54) is 11.0 Å². The van der Waals surface area contributed by atoms with E-state index < -0.39 is 0 Å². The van der Waals surface area contributed by atoms with Crippen molar-refractivity contribution >= 4 is 39.4 Å². The molecule has 1 atom stereocenters. The van der Waals surface area contributed by atoms with E-state index in [0.29, 0.717) is 6.54 Å². The van der Waals surface area contributed by atoms with Crippen LogP contribution in [0.2, 0.25) is 0 Å². The molecule has 1 unspecified atom stereocenters. The summed E-state index contributed by atoms with van der Waals surface area (Å²) in [6, 6.07) is 1.27. The SMILES string of the molecule is Cn1cc(Br)cc(NC(=O)NCC2(C)CCCS2)c1=O. The van der Waals surface area contributed by atoms with Gasteiger partial charge >= 0.3 is 6.03 Å². The minimum absolute atomic E-state index is 0.111. The number of halogens is 1. The van der Waals surface area contributed by atoms with Crippen molar-refractivity contribution in [1.29, 1.82) is 0 Å². The van der Waals surface area contributed by atoms with Crippen molar-refractivity contribution in [2.24, 2.45) is 7.05 Å². The Morgan fingerprint density at radius 3 is 3.00 bits per heavy atom. The Bertz CT molecular complexity index is 567. The third kappa shape index (κ3) is 3.79. The fourth-order valence-corrected chi connectivity index (χ4v) is 3.95. The van der Waals surface area contributed by atoms with Crippen LogP contribution in [-0.2, 0) is 7.05 Å². The van der Waals surface area contributed by atoms with E-state index in [4.69, 9.17) is 0 Å². The Balaban J connectivity index is 1.96. The standard InChI is InChI=1S/C13H18BrN3O2S/c1-13(4-3-5-20-13)8-15-12(19)16-10-6-9(14)7-17(2)11(10)18/h6-7H,3-5,8H2,1-2H3,(H2,15,16,19). The highest BCUT2D eigenvalue weighted by Crippen LogP contribution is 2.36. The first-order valence-corrected chi connectivity index (χ1v) is 8.22. The van der Waals surface area contributed by atoms with Crippen LogP contribution in [0.4, 0.5) is 10.5 Å². The van der Waals surface area contributed by atoms with Crippen LogP contribution in [0.1, 0.15) is 19.8 Å². The number of aryl methyl sites for hydroxylation is 1. The number of nitrogens with one attached hydrogen (secondary N) is 2. The van der Waals surface area contributed by atoms with Crippen LogP contribution in [-0.4, -0.2) is 27.6 Å². The summed E-state index contributed by atoms with van der Waals surface area (Å²) < 4.78 is 2.28. The third-order valence-electron chi connectivity index (χ3n) is 3.32. The molecule has 1 aliphatic rings. The van der Waals surface area contributed by atoms with E-state index in [0.717, 1.165) is 16.6 Å². The summed E-state index contributed by atoms with van der Waals surface area (Å²) in [7, 11) is 1.65. The Hall–Kier alpha value is -0.950. The maximum Gasteiger partial charge on any atom is 0.319 e. The van der Waals surface area contributed by atoms with Gasteiger partial charge in [-0.25, -0.2) is 4.79 Å². The number of pyridine rings is 1. The number of rotatable bonds is 3. The van der Waals surface area contributed by atoms with E-state index in [2.05, 4.69) is 33.5 Å². The summed E-state index contributed by atoms with van der Waals surface area (Å²) in [5.41, 5.74) is 0.0356. The topological polar surface area (TPSA) is 63.1 Å². The molecule has 0 bridgehead atoms. The van der Waals surface area contributed by atoms with Crippen molar-refractivity contribution in [3.05, 3.63) is 27.1 Å². The lowest BCUT2D eigenvalue weighted by molar-refractivity contribution is 0.251. The molecule has 1 fully saturated rings. The first kappa shape index (κ1) is 15.4. The first-order valence-electron chi connectivity index (χ1n) is 6.45. The van der Waals surface area contributed by atoms with Gasteiger partial charge in [-0.2, -0.15) is 11.8 Å². The summed E-state index contributed by atoms with van der Waals surface area (Å²) in [6.45, 7) is 2.76. The number of amides is 2. The van der Waals surface area contributed by atoms with Crippen molar-refractivity contribution < 1.29 is 4.79 Å². The molecular weight excluding hydrogens is 342 g/mol. The maximum atomic E-state index is 11.9. The summed E-state index contributed by atoms with van der Waals surface area (Å²) in [5.74, 6) is 1.14. The van der Waals surface area contributed by atoms with Gasteiger partial charge in [0.15, 0.2) is 0 Å². The molecule has 1 aromatic heterocycles. The fraction of sp³-hybridized carbons (Fsp3) is 0.538. The molecule has 2 heterocycles. The number of carbonyl (C=O) groups is 1. The molecule has 5 nitrogen and oxygen atoms in total. The summed E-state index contributed by atoms with van der Waals surface area (Å²) in [6.07, 6.45) is 3.95. The van der Waals surface area contributed by atoms with Crippen molar-refractivity contribution in [2.45, 2.75) is 24.5 Å². The minimum atomic E-state index is -0.339. The fourth-order valence-electron chi connectivity index (χ4n) is 2.17. The van der Waals surface area contributed by atoms with Crippen LogP contribution in [0, 0.1) is 0 Å². The van der Waals surface area contributed by atoms with Crippen LogP contribution >= 0.6 is 27.7 Å². The second-order valence-electron chi connectivity index (χ2n) is 5.20. The van der Waals surface area contributed by atoms with E-state index in [1.54, 1.807) is 19.3 Å². The molecule has 1 saturated heterocycles. The highest BCUT2D eigenvalue weighted by Gasteiger charge is 2.29. The molecule has 2 amide bonds. The van der Waals surface area contributed by atoms with Gasteiger partial charge in [-0.05, 0) is 47.5 Å². The molecule has 7 heteroatoms. The zero-order valence-electron chi connectivity index (χ0n) is 11.5. The highest BCUT2D eigenvalue weighted by atomic mass is 79.9. The Morgan fingerprint density at radius 1 is 1.60 bits per heavy atom. The maximum absolute atomic E-state index is 11.9. The first-order chi connectivity index (χ1) is 9.39. The predicted molar refractivity (Wildman–Crippen MR) is 86.5 cm³/mol. The van der Waals surface area contributed by atoms with Crippen molar-refractivity contribution in [3.63, 3.8) is 0 Å². The van der Waals surface area contributed by atoms with Gasteiger partial charge in [-0.3, -0.25) is 4.79 Å².